The lowest BCUT2D eigenvalue weighted by Gasteiger charge is -2.39. The van der Waals surface area contributed by atoms with Gasteiger partial charge in [0.05, 0.1) is 19.8 Å². The van der Waals surface area contributed by atoms with E-state index in [4.69, 9.17) is 18.9 Å². The van der Waals surface area contributed by atoms with Gasteiger partial charge in [-0.25, -0.2) is 0 Å². The van der Waals surface area contributed by atoms with Gasteiger partial charge in [0.1, 0.15) is 30.5 Å². The summed E-state index contributed by atoms with van der Waals surface area (Å²) in [6, 6.07) is 0. The molecule has 6 unspecified atom stereocenters. The molecule has 0 amide bonds. The Bertz CT molecular complexity index is 1000. The van der Waals surface area contributed by atoms with Gasteiger partial charge in [-0.2, -0.15) is 0 Å². The Morgan fingerprint density at radius 1 is 0.516 bits per heavy atom. The number of carbonyl (C=O) groups excluding carboxylic acids is 1. The first-order valence-electron chi connectivity index (χ1n) is 26.4. The lowest BCUT2D eigenvalue weighted by Crippen LogP contribution is -2.59. The molecular weight excluding hydrogens is 781 g/mol. The Labute approximate surface area is 381 Å². The molecule has 4 N–H and O–H groups in total. The SMILES string of the molecule is CCCCC/C=C\C/C=C\CCCCCCCCCCOCC(COC1OC(CO)C(O)C(O)C1O)OC(=O)CCCCCCCCCCCCCCCCCCCCCCC. The van der Waals surface area contributed by atoms with Crippen LogP contribution < -0.4 is 0 Å². The van der Waals surface area contributed by atoms with Crippen LogP contribution in [-0.4, -0.2) is 89.6 Å². The second-order valence-corrected chi connectivity index (χ2v) is 18.3. The van der Waals surface area contributed by atoms with Crippen molar-refractivity contribution in [3.63, 3.8) is 0 Å². The minimum Gasteiger partial charge on any atom is -0.457 e. The zero-order chi connectivity index (χ0) is 45.0. The van der Waals surface area contributed by atoms with E-state index in [-0.39, 0.29) is 19.2 Å². The molecule has 0 bridgehead atoms. The standard InChI is InChI=1S/C53H100O9/c1-3-5-7-9-11-13-15-17-19-21-23-24-25-26-28-30-32-34-36-38-40-42-49(55)61-47(46-60-53-52(58)51(57)50(56)48(44-54)62-53)45-59-43-41-39-37-35-33-31-29-27-22-20-18-16-14-12-10-8-6-4-2/h12,14,18,20,47-48,50-54,56-58H,3-11,13,15-17,19,21-46H2,1-2H3/b14-12-,20-18-. The van der Waals surface area contributed by atoms with Crippen LogP contribution in [0.4, 0.5) is 0 Å². The first kappa shape index (κ1) is 58.7. The maximum atomic E-state index is 12.8. The van der Waals surface area contributed by atoms with Crippen molar-refractivity contribution in [2.24, 2.45) is 0 Å². The van der Waals surface area contributed by atoms with Gasteiger partial charge in [-0.15, -0.1) is 0 Å². The first-order chi connectivity index (χ1) is 30.4. The van der Waals surface area contributed by atoms with Crippen molar-refractivity contribution in [3.05, 3.63) is 24.3 Å². The summed E-state index contributed by atoms with van der Waals surface area (Å²) < 4.78 is 22.9. The monoisotopic (exact) mass is 881 g/mol. The maximum absolute atomic E-state index is 12.8. The van der Waals surface area contributed by atoms with Crippen molar-refractivity contribution in [2.75, 3.05) is 26.4 Å². The lowest BCUT2D eigenvalue weighted by molar-refractivity contribution is -0.305. The summed E-state index contributed by atoms with van der Waals surface area (Å²) in [4.78, 5) is 12.8. The predicted octanol–water partition coefficient (Wildman–Crippen LogP) is 12.9. The van der Waals surface area contributed by atoms with Crippen molar-refractivity contribution in [1.82, 2.24) is 0 Å². The minimum absolute atomic E-state index is 0.111. The second-order valence-electron chi connectivity index (χ2n) is 18.3. The number of unbranched alkanes of at least 4 members (excludes halogenated alkanes) is 31. The van der Waals surface area contributed by atoms with E-state index in [9.17, 15) is 25.2 Å². The highest BCUT2D eigenvalue weighted by Gasteiger charge is 2.44. The van der Waals surface area contributed by atoms with Crippen LogP contribution in [-0.2, 0) is 23.7 Å². The second kappa shape index (κ2) is 44.9. The van der Waals surface area contributed by atoms with Crippen LogP contribution in [0.5, 0.6) is 0 Å². The van der Waals surface area contributed by atoms with E-state index >= 15 is 0 Å². The molecule has 366 valence electrons. The molecule has 9 heteroatoms. The number of allylic oxidation sites excluding steroid dienone is 4. The molecule has 1 saturated heterocycles. The molecule has 0 saturated carbocycles. The molecule has 0 spiro atoms. The number of hydrogen-bond donors (Lipinski definition) is 4. The molecule has 0 radical (unpaired) electrons. The fourth-order valence-corrected chi connectivity index (χ4v) is 8.23. The molecule has 1 aliphatic rings. The van der Waals surface area contributed by atoms with Crippen molar-refractivity contribution < 1.29 is 44.2 Å². The number of esters is 1. The number of carbonyl (C=O) groups is 1. The summed E-state index contributed by atoms with van der Waals surface area (Å²) in [6.45, 7) is 4.57. The zero-order valence-electron chi connectivity index (χ0n) is 40.4. The van der Waals surface area contributed by atoms with Gasteiger partial charge < -0.3 is 39.4 Å². The van der Waals surface area contributed by atoms with Crippen molar-refractivity contribution in [3.8, 4) is 0 Å². The summed E-state index contributed by atoms with van der Waals surface area (Å²) in [7, 11) is 0. The third kappa shape index (κ3) is 35.0. The quantitative estimate of drug-likeness (QED) is 0.0268. The fourth-order valence-electron chi connectivity index (χ4n) is 8.23. The number of ether oxygens (including phenoxy) is 4. The summed E-state index contributed by atoms with van der Waals surface area (Å²) in [5, 5.41) is 40.3. The summed E-state index contributed by atoms with van der Waals surface area (Å²) in [6.07, 6.45) is 46.4. The minimum atomic E-state index is -1.54. The molecule has 6 atom stereocenters. The molecule has 0 aromatic carbocycles. The summed E-state index contributed by atoms with van der Waals surface area (Å²) in [5.41, 5.74) is 0. The molecule has 1 aliphatic heterocycles. The Kier molecular flexibility index (Phi) is 42.5. The van der Waals surface area contributed by atoms with E-state index in [1.54, 1.807) is 0 Å². The highest BCUT2D eigenvalue weighted by Crippen LogP contribution is 2.23. The number of hydrogen-bond acceptors (Lipinski definition) is 9. The lowest BCUT2D eigenvalue weighted by atomic mass is 9.99. The number of rotatable bonds is 46. The van der Waals surface area contributed by atoms with Gasteiger partial charge in [0.15, 0.2) is 6.29 Å². The fraction of sp³-hybridized carbons (Fsp3) is 0.906. The van der Waals surface area contributed by atoms with Crippen LogP contribution in [0.1, 0.15) is 245 Å². The Balaban J connectivity index is 2.18. The molecule has 1 rings (SSSR count). The topological polar surface area (TPSA) is 135 Å². The molecule has 0 aromatic heterocycles. The Morgan fingerprint density at radius 3 is 1.42 bits per heavy atom. The van der Waals surface area contributed by atoms with E-state index in [0.717, 1.165) is 38.5 Å². The van der Waals surface area contributed by atoms with E-state index in [2.05, 4.69) is 38.2 Å². The maximum Gasteiger partial charge on any atom is 0.306 e. The summed E-state index contributed by atoms with van der Waals surface area (Å²) >= 11 is 0. The van der Waals surface area contributed by atoms with Crippen molar-refractivity contribution in [1.29, 1.82) is 0 Å². The number of aliphatic hydroxyl groups is 4. The van der Waals surface area contributed by atoms with Crippen LogP contribution in [0, 0.1) is 0 Å². The predicted molar refractivity (Wildman–Crippen MR) is 256 cm³/mol. The van der Waals surface area contributed by atoms with E-state index < -0.39 is 43.4 Å². The first-order valence-corrected chi connectivity index (χ1v) is 26.4. The van der Waals surface area contributed by atoms with Crippen LogP contribution in [0.25, 0.3) is 0 Å². The van der Waals surface area contributed by atoms with Crippen LogP contribution in [0.2, 0.25) is 0 Å². The average molecular weight is 881 g/mol. The Morgan fingerprint density at radius 2 is 0.935 bits per heavy atom. The van der Waals surface area contributed by atoms with Gasteiger partial charge in [-0.1, -0.05) is 218 Å². The molecule has 62 heavy (non-hydrogen) atoms. The third-order valence-electron chi connectivity index (χ3n) is 12.4. The van der Waals surface area contributed by atoms with E-state index in [1.807, 2.05) is 0 Å². The van der Waals surface area contributed by atoms with Crippen molar-refractivity contribution in [2.45, 2.75) is 282 Å². The molecule has 0 aliphatic carbocycles. The molecular formula is C53H100O9. The molecule has 1 fully saturated rings. The largest absolute Gasteiger partial charge is 0.457 e. The molecule has 0 aromatic rings. The van der Waals surface area contributed by atoms with Gasteiger partial charge in [0.25, 0.3) is 0 Å². The van der Waals surface area contributed by atoms with Crippen LogP contribution >= 0.6 is 0 Å². The van der Waals surface area contributed by atoms with Gasteiger partial charge in [0, 0.05) is 13.0 Å². The van der Waals surface area contributed by atoms with E-state index in [1.165, 1.54) is 186 Å². The highest BCUT2D eigenvalue weighted by molar-refractivity contribution is 5.69. The molecule has 1 heterocycles. The zero-order valence-corrected chi connectivity index (χ0v) is 40.4. The third-order valence-corrected chi connectivity index (χ3v) is 12.4. The van der Waals surface area contributed by atoms with Gasteiger partial charge in [-0.3, -0.25) is 4.79 Å². The average Bonchev–Trinajstić information content (AvgIpc) is 3.27. The molecule has 9 nitrogen and oxygen atoms in total. The highest BCUT2D eigenvalue weighted by atomic mass is 16.7. The van der Waals surface area contributed by atoms with Crippen LogP contribution in [0.3, 0.4) is 0 Å². The normalized spacial score (nSPS) is 19.9. The Hall–Kier alpha value is -1.33. The van der Waals surface area contributed by atoms with Gasteiger partial charge in [-0.05, 0) is 44.9 Å². The smallest absolute Gasteiger partial charge is 0.306 e. The van der Waals surface area contributed by atoms with E-state index in [0.29, 0.717) is 13.0 Å². The van der Waals surface area contributed by atoms with Crippen molar-refractivity contribution >= 4 is 5.97 Å². The van der Waals surface area contributed by atoms with Gasteiger partial charge in [0.2, 0.25) is 0 Å². The summed E-state index contributed by atoms with van der Waals surface area (Å²) in [5.74, 6) is -0.310. The van der Waals surface area contributed by atoms with Gasteiger partial charge >= 0.3 is 5.97 Å². The number of aliphatic hydroxyl groups excluding tert-OH is 4. The van der Waals surface area contributed by atoms with Crippen LogP contribution in [0.15, 0.2) is 24.3 Å².